The molecule has 0 aliphatic carbocycles. The van der Waals surface area contributed by atoms with Gasteiger partial charge in [-0.25, -0.2) is 0 Å². The minimum atomic E-state index is -0.544. The molecule has 0 saturated heterocycles. The fourth-order valence-corrected chi connectivity index (χ4v) is 1.36. The molecule has 0 aromatic heterocycles. The van der Waals surface area contributed by atoms with E-state index in [-0.39, 0.29) is 28.8 Å². The Balaban J connectivity index is 2.86. The zero-order valence-corrected chi connectivity index (χ0v) is 10.2. The Labute approximate surface area is 103 Å². The first kappa shape index (κ1) is 13.4. The molecule has 1 rings (SSSR count). The van der Waals surface area contributed by atoms with Crippen molar-refractivity contribution in [1.82, 2.24) is 4.90 Å². The van der Waals surface area contributed by atoms with Gasteiger partial charge >= 0.3 is 0 Å². The summed E-state index contributed by atoms with van der Waals surface area (Å²) in [6.45, 7) is 0.180. The highest BCUT2D eigenvalue weighted by atomic mass is 35.5. The number of anilines is 1. The maximum atomic E-state index is 11.5. The number of likely N-dealkylation sites (N-methyl/N-ethyl adjacent to an activating group) is 1. The lowest BCUT2D eigenvalue weighted by molar-refractivity contribution is -0.384. The van der Waals surface area contributed by atoms with Gasteiger partial charge < -0.3 is 10.2 Å². The monoisotopic (exact) mass is 257 g/mol. The molecular weight excluding hydrogens is 246 g/mol. The Bertz CT molecular complexity index is 448. The van der Waals surface area contributed by atoms with Crippen molar-refractivity contribution in [1.29, 1.82) is 0 Å². The third-order valence-electron chi connectivity index (χ3n) is 1.89. The van der Waals surface area contributed by atoms with Crippen molar-refractivity contribution in [3.63, 3.8) is 0 Å². The van der Waals surface area contributed by atoms with Gasteiger partial charge in [-0.3, -0.25) is 14.9 Å². The Morgan fingerprint density at radius 3 is 2.71 bits per heavy atom. The summed E-state index contributed by atoms with van der Waals surface area (Å²) < 4.78 is 0. The molecule has 0 spiro atoms. The van der Waals surface area contributed by atoms with Crippen LogP contribution < -0.4 is 5.32 Å². The van der Waals surface area contributed by atoms with Crippen LogP contribution >= 0.6 is 11.6 Å². The van der Waals surface area contributed by atoms with E-state index in [0.29, 0.717) is 0 Å². The number of nitrogens with one attached hydrogen (secondary N) is 1. The van der Waals surface area contributed by atoms with E-state index in [1.54, 1.807) is 19.0 Å². The third-order valence-corrected chi connectivity index (χ3v) is 2.22. The van der Waals surface area contributed by atoms with Crippen LogP contribution in [0, 0.1) is 10.1 Å². The number of amides is 1. The summed E-state index contributed by atoms with van der Waals surface area (Å²) >= 11 is 5.83. The summed E-state index contributed by atoms with van der Waals surface area (Å²) in [5.74, 6) is -0.280. The SMILES string of the molecule is CN(C)CC(=O)Nc1cc([N+](=O)[O-])ccc1Cl. The average Bonchev–Trinajstić information content (AvgIpc) is 2.19. The summed E-state index contributed by atoms with van der Waals surface area (Å²) in [7, 11) is 3.49. The number of nitro groups is 1. The molecule has 6 nitrogen and oxygen atoms in total. The highest BCUT2D eigenvalue weighted by molar-refractivity contribution is 6.33. The summed E-state index contributed by atoms with van der Waals surface area (Å²) in [4.78, 5) is 23.2. The first-order chi connectivity index (χ1) is 7.90. The molecule has 0 unspecified atom stereocenters. The van der Waals surface area contributed by atoms with E-state index in [1.165, 1.54) is 18.2 Å². The van der Waals surface area contributed by atoms with Gasteiger partial charge in [0.05, 0.1) is 22.2 Å². The fraction of sp³-hybridized carbons (Fsp3) is 0.300. The number of halogens is 1. The van der Waals surface area contributed by atoms with Crippen molar-refractivity contribution >= 4 is 28.9 Å². The number of hydrogen-bond donors (Lipinski definition) is 1. The van der Waals surface area contributed by atoms with Gasteiger partial charge in [0.15, 0.2) is 0 Å². The van der Waals surface area contributed by atoms with Crippen molar-refractivity contribution in [2.75, 3.05) is 26.0 Å². The fourth-order valence-electron chi connectivity index (χ4n) is 1.20. The van der Waals surface area contributed by atoms with Gasteiger partial charge in [-0.2, -0.15) is 0 Å². The van der Waals surface area contributed by atoms with Crippen LogP contribution in [-0.2, 0) is 4.79 Å². The minimum absolute atomic E-state index is 0.116. The van der Waals surface area contributed by atoms with E-state index in [9.17, 15) is 14.9 Å². The molecule has 1 amide bonds. The van der Waals surface area contributed by atoms with Gasteiger partial charge in [-0.15, -0.1) is 0 Å². The number of rotatable bonds is 4. The number of hydrogen-bond acceptors (Lipinski definition) is 4. The Hall–Kier alpha value is -1.66. The molecule has 1 N–H and O–H groups in total. The lowest BCUT2D eigenvalue weighted by Gasteiger charge is -2.10. The molecule has 1 aromatic rings. The largest absolute Gasteiger partial charge is 0.323 e. The predicted molar refractivity (Wildman–Crippen MR) is 65.3 cm³/mol. The normalized spacial score (nSPS) is 10.4. The van der Waals surface area contributed by atoms with Gasteiger partial charge in [0.2, 0.25) is 5.91 Å². The number of carbonyl (C=O) groups excluding carboxylic acids is 1. The summed E-state index contributed by atoms with van der Waals surface area (Å²) in [6, 6.07) is 3.89. The Morgan fingerprint density at radius 1 is 1.53 bits per heavy atom. The van der Waals surface area contributed by atoms with E-state index in [1.807, 2.05) is 0 Å². The molecular formula is C10H12ClN3O3. The molecule has 0 heterocycles. The Morgan fingerprint density at radius 2 is 2.18 bits per heavy atom. The van der Waals surface area contributed by atoms with Crippen LogP contribution in [0.25, 0.3) is 0 Å². The molecule has 0 radical (unpaired) electrons. The Kier molecular flexibility index (Phi) is 4.42. The van der Waals surface area contributed by atoms with E-state index in [2.05, 4.69) is 5.32 Å². The van der Waals surface area contributed by atoms with Gasteiger partial charge in [-0.05, 0) is 20.2 Å². The molecule has 17 heavy (non-hydrogen) atoms. The first-order valence-electron chi connectivity index (χ1n) is 4.78. The number of nitro benzene ring substituents is 1. The molecule has 7 heteroatoms. The molecule has 92 valence electrons. The van der Waals surface area contributed by atoms with Crippen molar-refractivity contribution in [3.05, 3.63) is 33.3 Å². The molecule has 0 saturated carbocycles. The minimum Gasteiger partial charge on any atom is -0.323 e. The zero-order valence-electron chi connectivity index (χ0n) is 9.44. The maximum absolute atomic E-state index is 11.5. The van der Waals surface area contributed by atoms with Crippen LogP contribution in [0.1, 0.15) is 0 Å². The first-order valence-corrected chi connectivity index (χ1v) is 5.16. The van der Waals surface area contributed by atoms with Gasteiger partial charge in [0.1, 0.15) is 0 Å². The summed E-state index contributed by atoms with van der Waals surface area (Å²) in [6.07, 6.45) is 0. The standard InChI is InChI=1S/C10H12ClN3O3/c1-13(2)6-10(15)12-9-5-7(14(16)17)3-4-8(9)11/h3-5H,6H2,1-2H3,(H,12,15). The van der Waals surface area contributed by atoms with E-state index in [4.69, 9.17) is 11.6 Å². The number of non-ortho nitro benzene ring substituents is 1. The molecule has 1 aromatic carbocycles. The van der Waals surface area contributed by atoms with E-state index >= 15 is 0 Å². The van der Waals surface area contributed by atoms with Crippen molar-refractivity contribution in [3.8, 4) is 0 Å². The molecule has 0 aliphatic heterocycles. The van der Waals surface area contributed by atoms with Crippen LogP contribution in [0.2, 0.25) is 5.02 Å². The average molecular weight is 258 g/mol. The van der Waals surface area contributed by atoms with Gasteiger partial charge in [0, 0.05) is 12.1 Å². The number of benzene rings is 1. The van der Waals surface area contributed by atoms with Gasteiger partial charge in [0.25, 0.3) is 5.69 Å². The smallest absolute Gasteiger partial charge is 0.271 e. The molecule has 0 aliphatic rings. The molecule has 0 fully saturated rings. The second-order valence-electron chi connectivity index (χ2n) is 3.71. The third kappa shape index (κ3) is 4.01. The van der Waals surface area contributed by atoms with Crippen molar-refractivity contribution in [2.45, 2.75) is 0 Å². The van der Waals surface area contributed by atoms with Crippen LogP contribution in [-0.4, -0.2) is 36.4 Å². The second kappa shape index (κ2) is 5.60. The van der Waals surface area contributed by atoms with Crippen molar-refractivity contribution in [2.24, 2.45) is 0 Å². The highest BCUT2D eigenvalue weighted by Crippen LogP contribution is 2.26. The molecule has 0 atom stereocenters. The maximum Gasteiger partial charge on any atom is 0.271 e. The molecule has 0 bridgehead atoms. The van der Waals surface area contributed by atoms with E-state index in [0.717, 1.165) is 0 Å². The lowest BCUT2D eigenvalue weighted by atomic mass is 10.2. The van der Waals surface area contributed by atoms with Crippen LogP contribution in [0.5, 0.6) is 0 Å². The highest BCUT2D eigenvalue weighted by Gasteiger charge is 2.12. The quantitative estimate of drug-likeness (QED) is 0.659. The number of nitrogens with zero attached hydrogens (tertiary/aromatic N) is 2. The van der Waals surface area contributed by atoms with Crippen LogP contribution in [0.3, 0.4) is 0 Å². The van der Waals surface area contributed by atoms with Crippen LogP contribution in [0.4, 0.5) is 11.4 Å². The lowest BCUT2D eigenvalue weighted by Crippen LogP contribution is -2.27. The summed E-state index contributed by atoms with van der Waals surface area (Å²) in [5, 5.41) is 13.4. The van der Waals surface area contributed by atoms with Gasteiger partial charge in [-0.1, -0.05) is 11.6 Å². The summed E-state index contributed by atoms with van der Waals surface area (Å²) in [5.41, 5.74) is 0.127. The van der Waals surface area contributed by atoms with Crippen LogP contribution in [0.15, 0.2) is 18.2 Å². The predicted octanol–water partition coefficient (Wildman–Crippen LogP) is 1.75. The second-order valence-corrected chi connectivity index (χ2v) is 4.11. The number of carbonyl (C=O) groups is 1. The van der Waals surface area contributed by atoms with E-state index < -0.39 is 4.92 Å². The van der Waals surface area contributed by atoms with Crippen molar-refractivity contribution < 1.29 is 9.72 Å². The topological polar surface area (TPSA) is 75.5 Å². The zero-order chi connectivity index (χ0) is 13.0.